The van der Waals surface area contributed by atoms with Crippen molar-refractivity contribution in [1.82, 2.24) is 15.5 Å². The van der Waals surface area contributed by atoms with Crippen LogP contribution in [0, 0.1) is 11.8 Å². The summed E-state index contributed by atoms with van der Waals surface area (Å²) in [5, 5.41) is 13.2. The summed E-state index contributed by atoms with van der Waals surface area (Å²) in [6, 6.07) is 10.5. The van der Waals surface area contributed by atoms with E-state index in [1.165, 1.54) is 5.56 Å². The standard InChI is InChI=1S/C23H35N3O3.CH2O2/c1-26-16-20(22(27)24-13-5-8-18-6-3-2-4-7-18)9-10-21(17-26)25-23(28)19-11-14-29-15-12-19;2-1-3/h2-4,6-7,19-21H,5,8-17H2,1H3,(H,24,27)(H,25,28);1H,(H,2,3)/t20-,21+;/m1./s1. The van der Waals surface area contributed by atoms with Crippen molar-refractivity contribution in [2.45, 2.75) is 44.6 Å². The van der Waals surface area contributed by atoms with Crippen LogP contribution in [0.4, 0.5) is 0 Å². The second-order valence-corrected chi connectivity index (χ2v) is 8.57. The van der Waals surface area contributed by atoms with Crippen LogP contribution in [-0.4, -0.2) is 74.2 Å². The topological polar surface area (TPSA) is 108 Å². The van der Waals surface area contributed by atoms with Crippen molar-refractivity contribution in [3.63, 3.8) is 0 Å². The lowest BCUT2D eigenvalue weighted by molar-refractivity contribution is -0.128. The Hall–Kier alpha value is -2.45. The molecule has 2 amide bonds. The summed E-state index contributed by atoms with van der Waals surface area (Å²) in [7, 11) is 2.04. The van der Waals surface area contributed by atoms with Gasteiger partial charge in [-0.25, -0.2) is 0 Å². The molecule has 2 fully saturated rings. The lowest BCUT2D eigenvalue weighted by Gasteiger charge is -2.26. The molecule has 1 aromatic carbocycles. The molecule has 32 heavy (non-hydrogen) atoms. The number of ether oxygens (including phenoxy) is 1. The molecule has 0 bridgehead atoms. The van der Waals surface area contributed by atoms with Crippen LogP contribution in [0.5, 0.6) is 0 Å². The second-order valence-electron chi connectivity index (χ2n) is 8.57. The van der Waals surface area contributed by atoms with Crippen molar-refractivity contribution in [2.75, 3.05) is 39.9 Å². The van der Waals surface area contributed by atoms with Gasteiger partial charge in [-0.1, -0.05) is 30.3 Å². The lowest BCUT2D eigenvalue weighted by Crippen LogP contribution is -2.45. The summed E-state index contributed by atoms with van der Waals surface area (Å²) in [6.45, 7) is 3.35. The minimum atomic E-state index is -0.250. The number of nitrogens with one attached hydrogen (secondary N) is 2. The SMILES string of the molecule is CN1C[C@@H](NC(=O)C2CCOCC2)CC[C@@H](C(=O)NCCCc2ccccc2)C1.O=CO. The van der Waals surface area contributed by atoms with Crippen LogP contribution >= 0.6 is 0 Å². The molecular weight excluding hydrogens is 410 g/mol. The molecule has 1 aromatic rings. The Bertz CT molecular complexity index is 694. The minimum absolute atomic E-state index is 0.0123. The van der Waals surface area contributed by atoms with Crippen molar-refractivity contribution >= 4 is 18.3 Å². The van der Waals surface area contributed by atoms with E-state index in [0.29, 0.717) is 19.8 Å². The number of carboxylic acid groups (broad SMARTS) is 1. The fraction of sp³-hybridized carbons (Fsp3) is 0.625. The maximum atomic E-state index is 12.6. The highest BCUT2D eigenvalue weighted by Crippen LogP contribution is 2.19. The average molecular weight is 448 g/mol. The van der Waals surface area contributed by atoms with Gasteiger partial charge in [-0.15, -0.1) is 0 Å². The fourth-order valence-electron chi connectivity index (χ4n) is 4.32. The first kappa shape index (κ1) is 25.8. The number of benzene rings is 1. The zero-order valence-electron chi connectivity index (χ0n) is 19.0. The summed E-state index contributed by atoms with van der Waals surface area (Å²) in [4.78, 5) is 35.7. The first-order valence-electron chi connectivity index (χ1n) is 11.5. The third kappa shape index (κ3) is 9.36. The summed E-state index contributed by atoms with van der Waals surface area (Å²) < 4.78 is 5.35. The number of likely N-dealkylation sites (N-methyl/N-ethyl adjacent to an activating group) is 1. The summed E-state index contributed by atoms with van der Waals surface area (Å²) in [6.07, 6.45) is 5.20. The van der Waals surface area contributed by atoms with Crippen LogP contribution in [0.15, 0.2) is 30.3 Å². The molecule has 178 valence electrons. The molecule has 0 unspecified atom stereocenters. The second kappa shape index (κ2) is 14.6. The summed E-state index contributed by atoms with van der Waals surface area (Å²) in [5.74, 6) is 0.347. The van der Waals surface area contributed by atoms with E-state index in [0.717, 1.165) is 51.6 Å². The Labute approximate surface area is 190 Å². The normalized spacial score (nSPS) is 22.0. The molecule has 0 radical (unpaired) electrons. The van der Waals surface area contributed by atoms with E-state index >= 15 is 0 Å². The minimum Gasteiger partial charge on any atom is -0.483 e. The van der Waals surface area contributed by atoms with Gasteiger partial charge in [0.15, 0.2) is 0 Å². The molecule has 2 atom stereocenters. The number of hydrogen-bond donors (Lipinski definition) is 3. The Balaban J connectivity index is 0.00000114. The fourth-order valence-corrected chi connectivity index (χ4v) is 4.32. The zero-order valence-corrected chi connectivity index (χ0v) is 19.0. The largest absolute Gasteiger partial charge is 0.483 e. The van der Waals surface area contributed by atoms with E-state index < -0.39 is 0 Å². The molecular formula is C24H37N3O5. The Morgan fingerprint density at radius 1 is 1.06 bits per heavy atom. The first-order valence-corrected chi connectivity index (χ1v) is 11.5. The molecule has 0 aliphatic carbocycles. The average Bonchev–Trinajstić information content (AvgIpc) is 2.99. The number of nitrogens with zero attached hydrogens (tertiary/aromatic N) is 1. The number of carbonyl (C=O) groups is 3. The number of hydrogen-bond acceptors (Lipinski definition) is 5. The highest BCUT2D eigenvalue weighted by atomic mass is 16.5. The van der Waals surface area contributed by atoms with Crippen molar-refractivity contribution < 1.29 is 24.2 Å². The van der Waals surface area contributed by atoms with Gasteiger partial charge in [-0.2, -0.15) is 0 Å². The van der Waals surface area contributed by atoms with Crippen LogP contribution in [0.1, 0.15) is 37.7 Å². The lowest BCUT2D eigenvalue weighted by atomic mass is 9.97. The summed E-state index contributed by atoms with van der Waals surface area (Å²) >= 11 is 0. The quantitative estimate of drug-likeness (QED) is 0.434. The molecule has 8 nitrogen and oxygen atoms in total. The highest BCUT2D eigenvalue weighted by molar-refractivity contribution is 5.79. The molecule has 2 aliphatic heterocycles. The smallest absolute Gasteiger partial charge is 0.290 e. The van der Waals surface area contributed by atoms with Crippen molar-refractivity contribution in [3.05, 3.63) is 35.9 Å². The third-order valence-electron chi connectivity index (χ3n) is 6.02. The van der Waals surface area contributed by atoms with E-state index in [-0.39, 0.29) is 36.2 Å². The molecule has 2 saturated heterocycles. The number of carbonyl (C=O) groups excluding carboxylic acids is 2. The van der Waals surface area contributed by atoms with Crippen molar-refractivity contribution in [2.24, 2.45) is 11.8 Å². The van der Waals surface area contributed by atoms with E-state index in [2.05, 4.69) is 27.7 Å². The molecule has 2 aliphatic rings. The van der Waals surface area contributed by atoms with Crippen LogP contribution in [0.2, 0.25) is 0 Å². The first-order chi connectivity index (χ1) is 15.5. The monoisotopic (exact) mass is 447 g/mol. The van der Waals surface area contributed by atoms with Gasteiger partial charge in [-0.3, -0.25) is 14.4 Å². The zero-order chi connectivity index (χ0) is 23.2. The van der Waals surface area contributed by atoms with Gasteiger partial charge in [0.2, 0.25) is 11.8 Å². The third-order valence-corrected chi connectivity index (χ3v) is 6.02. The predicted molar refractivity (Wildman–Crippen MR) is 122 cm³/mol. The molecule has 3 rings (SSSR count). The Morgan fingerprint density at radius 3 is 2.44 bits per heavy atom. The Morgan fingerprint density at radius 2 is 1.75 bits per heavy atom. The van der Waals surface area contributed by atoms with Crippen molar-refractivity contribution in [1.29, 1.82) is 0 Å². The number of likely N-dealkylation sites (tertiary alicyclic amines) is 1. The van der Waals surface area contributed by atoms with E-state index in [1.807, 2.05) is 25.2 Å². The van der Waals surface area contributed by atoms with E-state index in [4.69, 9.17) is 14.6 Å². The molecule has 0 aromatic heterocycles. The van der Waals surface area contributed by atoms with Gasteiger partial charge in [0.25, 0.3) is 6.47 Å². The van der Waals surface area contributed by atoms with Crippen LogP contribution < -0.4 is 10.6 Å². The predicted octanol–water partition coefficient (Wildman–Crippen LogP) is 1.69. The van der Waals surface area contributed by atoms with Gasteiger partial charge in [-0.05, 0) is 51.1 Å². The van der Waals surface area contributed by atoms with Crippen molar-refractivity contribution in [3.8, 4) is 0 Å². The van der Waals surface area contributed by atoms with Gasteiger partial charge >= 0.3 is 0 Å². The number of rotatable bonds is 7. The Kier molecular flexibility index (Phi) is 11.8. The van der Waals surface area contributed by atoms with Crippen LogP contribution in [-0.2, 0) is 25.5 Å². The van der Waals surface area contributed by atoms with Gasteiger partial charge in [0.05, 0.1) is 5.92 Å². The van der Waals surface area contributed by atoms with E-state index in [1.54, 1.807) is 0 Å². The number of amides is 2. The van der Waals surface area contributed by atoms with E-state index in [9.17, 15) is 9.59 Å². The van der Waals surface area contributed by atoms with Gasteiger partial charge in [0.1, 0.15) is 0 Å². The van der Waals surface area contributed by atoms with Crippen LogP contribution in [0.3, 0.4) is 0 Å². The molecule has 2 heterocycles. The molecule has 0 spiro atoms. The highest BCUT2D eigenvalue weighted by Gasteiger charge is 2.29. The maximum Gasteiger partial charge on any atom is 0.290 e. The number of aryl methyl sites for hydroxylation is 1. The summed E-state index contributed by atoms with van der Waals surface area (Å²) in [5.41, 5.74) is 1.30. The molecule has 3 N–H and O–H groups in total. The van der Waals surface area contributed by atoms with Gasteiger partial charge in [0, 0.05) is 44.8 Å². The molecule has 0 saturated carbocycles. The van der Waals surface area contributed by atoms with Gasteiger partial charge < -0.3 is 25.4 Å². The molecule has 8 heteroatoms. The maximum absolute atomic E-state index is 12.6. The van der Waals surface area contributed by atoms with Crippen LogP contribution in [0.25, 0.3) is 0 Å².